The summed E-state index contributed by atoms with van der Waals surface area (Å²) in [5.41, 5.74) is -3.99. The molecule has 1 saturated carbocycles. The van der Waals surface area contributed by atoms with Crippen LogP contribution in [0, 0.1) is 17.2 Å². The van der Waals surface area contributed by atoms with Crippen LogP contribution in [0.25, 0.3) is 0 Å². The number of aliphatic hydroxyl groups is 1. The summed E-state index contributed by atoms with van der Waals surface area (Å²) in [5, 5.41) is 31.7. The molecule has 2 aromatic carbocycles. The third-order valence-corrected chi connectivity index (χ3v) is 7.14. The zero-order valence-corrected chi connectivity index (χ0v) is 19.0. The number of rotatable bonds is 3. The largest absolute Gasteiger partial charge is 0.477 e. The molecule has 1 aliphatic carbocycles. The third-order valence-electron chi connectivity index (χ3n) is 6.33. The number of carbonyl (C=O) groups excluding carboxylic acids is 1. The van der Waals surface area contributed by atoms with Gasteiger partial charge in [0.2, 0.25) is 5.60 Å². The quantitative estimate of drug-likeness (QED) is 0.526. The minimum atomic E-state index is -2.42. The first-order chi connectivity index (χ1) is 15.8. The summed E-state index contributed by atoms with van der Waals surface area (Å²) in [5.74, 6) is -4.73. The molecule has 1 aliphatic heterocycles. The van der Waals surface area contributed by atoms with Gasteiger partial charge in [-0.25, -0.2) is 4.79 Å². The van der Waals surface area contributed by atoms with Crippen molar-refractivity contribution in [3.05, 3.63) is 92.7 Å². The number of carboxylic acid groups (broad SMARTS) is 1. The van der Waals surface area contributed by atoms with Crippen LogP contribution in [0.5, 0.6) is 5.75 Å². The van der Waals surface area contributed by atoms with Crippen molar-refractivity contribution < 1.29 is 24.5 Å². The number of aromatic nitrogens is 1. The molecule has 33 heavy (non-hydrogen) atoms. The number of nitrogens with zero attached hydrogens (tertiary/aromatic N) is 2. The van der Waals surface area contributed by atoms with E-state index in [1.807, 2.05) is 6.07 Å². The molecule has 2 heterocycles. The summed E-state index contributed by atoms with van der Waals surface area (Å²) in [6, 6.07) is 17.5. The fourth-order valence-corrected chi connectivity index (χ4v) is 5.48. The molecule has 1 aromatic heterocycles. The predicted octanol–water partition coefficient (Wildman–Crippen LogP) is 4.18. The Bertz CT molecular complexity index is 1360. The molecule has 164 valence electrons. The zero-order valence-electron chi connectivity index (χ0n) is 16.7. The average Bonchev–Trinajstić information content (AvgIpc) is 3.17. The molecule has 2 N–H and O–H groups in total. The number of benzene rings is 2. The number of halogens is 2. The lowest BCUT2D eigenvalue weighted by Crippen LogP contribution is -2.51. The number of hydrogen-bond donors (Lipinski definition) is 2. The summed E-state index contributed by atoms with van der Waals surface area (Å²) in [6.07, 6.45) is 1.06. The van der Waals surface area contributed by atoms with Crippen molar-refractivity contribution in [1.82, 2.24) is 4.98 Å². The lowest BCUT2D eigenvalue weighted by molar-refractivity contribution is -0.152. The number of carbonyl (C=O) groups is 2. The second-order valence-electron chi connectivity index (χ2n) is 7.88. The molecule has 0 unspecified atom stereocenters. The van der Waals surface area contributed by atoms with Crippen LogP contribution in [0.4, 0.5) is 0 Å². The van der Waals surface area contributed by atoms with Crippen LogP contribution in [-0.2, 0) is 16.0 Å². The molecule has 9 heteroatoms. The summed E-state index contributed by atoms with van der Waals surface area (Å²) in [7, 11) is 0. The monoisotopic (exact) mass is 524 g/mol. The Morgan fingerprint density at radius 1 is 1.18 bits per heavy atom. The zero-order chi connectivity index (χ0) is 23.5. The number of nitriles is 1. The Labute approximate surface area is 201 Å². The van der Waals surface area contributed by atoms with Crippen molar-refractivity contribution >= 4 is 39.3 Å². The molecule has 2 aliphatic rings. The molecule has 3 aromatic rings. The van der Waals surface area contributed by atoms with E-state index < -0.39 is 40.4 Å². The van der Waals surface area contributed by atoms with E-state index in [-0.39, 0.29) is 16.5 Å². The van der Waals surface area contributed by atoms with E-state index in [9.17, 15) is 25.1 Å². The minimum absolute atomic E-state index is 0.198. The molecular weight excluding hydrogens is 512 g/mol. The van der Waals surface area contributed by atoms with Crippen LogP contribution in [0.15, 0.2) is 65.3 Å². The van der Waals surface area contributed by atoms with Crippen molar-refractivity contribution in [2.75, 3.05) is 0 Å². The Morgan fingerprint density at radius 2 is 1.85 bits per heavy atom. The number of pyridine rings is 1. The predicted molar refractivity (Wildman–Crippen MR) is 120 cm³/mol. The van der Waals surface area contributed by atoms with E-state index in [2.05, 4.69) is 20.9 Å². The lowest BCUT2D eigenvalue weighted by Gasteiger charge is -2.38. The van der Waals surface area contributed by atoms with Crippen LogP contribution in [0.1, 0.15) is 33.1 Å². The van der Waals surface area contributed by atoms with Gasteiger partial charge in [-0.15, -0.1) is 0 Å². The molecule has 1 fully saturated rings. The van der Waals surface area contributed by atoms with Crippen molar-refractivity contribution in [3.63, 3.8) is 0 Å². The maximum absolute atomic E-state index is 13.7. The molecular formula is C24H14BrClN2O5. The van der Waals surface area contributed by atoms with Crippen molar-refractivity contribution in [2.24, 2.45) is 5.92 Å². The molecule has 0 radical (unpaired) electrons. The van der Waals surface area contributed by atoms with Gasteiger partial charge in [0.1, 0.15) is 17.2 Å². The van der Waals surface area contributed by atoms with Gasteiger partial charge in [-0.3, -0.25) is 9.78 Å². The number of fused-ring (bicyclic) bond motifs is 3. The number of ether oxygens (including phenoxy) is 1. The van der Waals surface area contributed by atoms with Crippen LogP contribution in [0.2, 0.25) is 5.02 Å². The molecule has 7 nitrogen and oxygen atoms in total. The Hall–Kier alpha value is -3.25. The van der Waals surface area contributed by atoms with Gasteiger partial charge in [-0.05, 0) is 23.3 Å². The van der Waals surface area contributed by atoms with Crippen LogP contribution in [0.3, 0.4) is 0 Å². The van der Waals surface area contributed by atoms with Gasteiger partial charge in [-0.1, -0.05) is 70.0 Å². The van der Waals surface area contributed by atoms with E-state index >= 15 is 0 Å². The van der Waals surface area contributed by atoms with Crippen molar-refractivity contribution in [1.29, 1.82) is 5.26 Å². The molecule has 0 amide bonds. The van der Waals surface area contributed by atoms with E-state index in [0.29, 0.717) is 11.1 Å². The highest BCUT2D eigenvalue weighted by molar-refractivity contribution is 9.10. The fraction of sp³-hybridized carbons (Fsp3) is 0.167. The number of carboxylic acids is 1. The molecule has 4 atom stereocenters. The highest BCUT2D eigenvalue weighted by atomic mass is 79.9. The van der Waals surface area contributed by atoms with E-state index in [1.165, 1.54) is 0 Å². The maximum atomic E-state index is 13.7. The Kier molecular flexibility index (Phi) is 4.83. The normalized spacial score (nSPS) is 27.4. The highest BCUT2D eigenvalue weighted by Crippen LogP contribution is 2.67. The van der Waals surface area contributed by atoms with Crippen molar-refractivity contribution in [3.8, 4) is 11.8 Å². The molecule has 0 bridgehead atoms. The standard InChI is InChI=1S/C24H14BrClN2O5/c25-14-8-6-13(7-9-14)24-18(12-4-2-1-3-5-12)15(10-27)21(29)23(24,32)20-19(33-24)17(22(30)31)16(26)11-28-20/h1-9,11,15,18,32H,(H,30,31)/t15-,18-,23+,24+/m1/s1. The van der Waals surface area contributed by atoms with Gasteiger partial charge >= 0.3 is 5.97 Å². The van der Waals surface area contributed by atoms with Crippen LogP contribution in [-0.4, -0.2) is 26.9 Å². The topological polar surface area (TPSA) is 121 Å². The first-order valence-corrected chi connectivity index (χ1v) is 11.0. The molecule has 0 spiro atoms. The number of ketones is 1. The molecule has 0 saturated heterocycles. The first kappa shape index (κ1) is 21.6. The average molecular weight is 526 g/mol. The van der Waals surface area contributed by atoms with Gasteiger partial charge < -0.3 is 14.9 Å². The second kappa shape index (κ2) is 7.39. The van der Waals surface area contributed by atoms with Gasteiger partial charge in [0.25, 0.3) is 0 Å². The third kappa shape index (κ3) is 2.67. The van der Waals surface area contributed by atoms with Gasteiger partial charge in [-0.2, -0.15) is 5.26 Å². The van der Waals surface area contributed by atoms with Crippen LogP contribution >= 0.6 is 27.5 Å². The Morgan fingerprint density at radius 3 is 2.45 bits per heavy atom. The van der Waals surface area contributed by atoms with E-state index in [4.69, 9.17) is 16.3 Å². The van der Waals surface area contributed by atoms with E-state index in [1.54, 1.807) is 54.6 Å². The molecule has 5 rings (SSSR count). The number of Topliss-reactive ketones (excluding diaryl/α,β-unsaturated/α-hetero) is 1. The van der Waals surface area contributed by atoms with Gasteiger partial charge in [0.05, 0.1) is 17.0 Å². The maximum Gasteiger partial charge on any atom is 0.341 e. The SMILES string of the molecule is N#C[C@H]1C(=O)[C@@]2(O)c3ncc(Cl)c(C(=O)O)c3O[C@@]2(c2ccc(Br)cc2)[C@@H]1c1ccccc1. The lowest BCUT2D eigenvalue weighted by atomic mass is 9.72. The summed E-state index contributed by atoms with van der Waals surface area (Å²) in [6.45, 7) is 0. The van der Waals surface area contributed by atoms with Crippen molar-refractivity contribution in [2.45, 2.75) is 17.1 Å². The smallest absolute Gasteiger partial charge is 0.341 e. The van der Waals surface area contributed by atoms with Crippen LogP contribution < -0.4 is 4.74 Å². The fourth-order valence-electron chi connectivity index (χ4n) is 5.00. The summed E-state index contributed by atoms with van der Waals surface area (Å²) in [4.78, 5) is 29.9. The second-order valence-corrected chi connectivity index (χ2v) is 9.20. The Balaban J connectivity index is 1.91. The van der Waals surface area contributed by atoms with Gasteiger partial charge in [0.15, 0.2) is 17.1 Å². The first-order valence-electron chi connectivity index (χ1n) is 9.86. The van der Waals surface area contributed by atoms with Gasteiger partial charge in [0, 0.05) is 10.7 Å². The summed E-state index contributed by atoms with van der Waals surface area (Å²) < 4.78 is 7.07. The van der Waals surface area contributed by atoms with E-state index in [0.717, 1.165) is 10.7 Å². The number of aromatic carboxylic acids is 1. The summed E-state index contributed by atoms with van der Waals surface area (Å²) >= 11 is 9.49. The number of hydrogen-bond acceptors (Lipinski definition) is 6. The minimum Gasteiger partial charge on any atom is -0.477 e. The highest BCUT2D eigenvalue weighted by Gasteiger charge is 2.78.